The summed E-state index contributed by atoms with van der Waals surface area (Å²) >= 11 is 0. The Balaban J connectivity index is 1.73. The van der Waals surface area contributed by atoms with Gasteiger partial charge in [-0.1, -0.05) is 40.0 Å². The van der Waals surface area contributed by atoms with Crippen molar-refractivity contribution in [2.75, 3.05) is 0 Å². The second kappa shape index (κ2) is 6.41. The minimum absolute atomic E-state index is 0.606. The third-order valence-electron chi connectivity index (χ3n) is 5.48. The van der Waals surface area contributed by atoms with Crippen molar-refractivity contribution >= 4 is 0 Å². The fraction of sp³-hybridized carbons (Fsp3) is 1.00. The van der Waals surface area contributed by atoms with Crippen LogP contribution in [0.3, 0.4) is 0 Å². The van der Waals surface area contributed by atoms with Crippen LogP contribution in [-0.4, -0.2) is 12.1 Å². The van der Waals surface area contributed by atoms with Gasteiger partial charge in [-0.05, 0) is 56.3 Å². The van der Waals surface area contributed by atoms with Gasteiger partial charge in [0.1, 0.15) is 0 Å². The number of rotatable bonds is 3. The summed E-state index contributed by atoms with van der Waals surface area (Å²) in [6.07, 6.45) is 14.3. The second-order valence-corrected chi connectivity index (χ2v) is 7.58. The number of hydrogen-bond donors (Lipinski definition) is 1. The molecule has 2 saturated carbocycles. The summed E-state index contributed by atoms with van der Waals surface area (Å²) in [5.74, 6) is 1.02. The molecule has 0 heterocycles. The smallest absolute Gasteiger partial charge is 0.00700 e. The van der Waals surface area contributed by atoms with Crippen LogP contribution < -0.4 is 5.32 Å². The first-order valence-corrected chi connectivity index (χ1v) is 8.35. The highest BCUT2D eigenvalue weighted by molar-refractivity contribution is 4.85. The van der Waals surface area contributed by atoms with Gasteiger partial charge in [0.2, 0.25) is 0 Å². The van der Waals surface area contributed by atoms with E-state index in [2.05, 4.69) is 26.1 Å². The Morgan fingerprint density at radius 3 is 2.22 bits per heavy atom. The molecule has 0 bridgehead atoms. The standard InChI is InChI=1S/C17H33N/c1-4-14-6-5-7-15(9-8-14)18-16-10-12-17(2,3)13-11-16/h14-16,18H,4-13H2,1-3H3. The first-order chi connectivity index (χ1) is 8.59. The molecule has 2 fully saturated rings. The molecule has 1 N–H and O–H groups in total. The molecule has 0 radical (unpaired) electrons. The Kier molecular flexibility index (Phi) is 5.12. The highest BCUT2D eigenvalue weighted by Crippen LogP contribution is 2.35. The molecule has 0 spiro atoms. The molecule has 0 amide bonds. The Labute approximate surface area is 114 Å². The average Bonchev–Trinajstić information content (AvgIpc) is 2.57. The lowest BCUT2D eigenvalue weighted by atomic mass is 9.75. The van der Waals surface area contributed by atoms with Gasteiger partial charge in [-0.15, -0.1) is 0 Å². The van der Waals surface area contributed by atoms with Crippen LogP contribution in [0.5, 0.6) is 0 Å². The van der Waals surface area contributed by atoms with Crippen LogP contribution >= 0.6 is 0 Å². The van der Waals surface area contributed by atoms with Crippen molar-refractivity contribution in [3.05, 3.63) is 0 Å². The van der Waals surface area contributed by atoms with Gasteiger partial charge < -0.3 is 5.32 Å². The van der Waals surface area contributed by atoms with E-state index in [0.717, 1.165) is 18.0 Å². The molecular formula is C17H33N. The van der Waals surface area contributed by atoms with Crippen LogP contribution in [0.25, 0.3) is 0 Å². The zero-order valence-electron chi connectivity index (χ0n) is 12.8. The molecule has 2 rings (SSSR count). The predicted molar refractivity (Wildman–Crippen MR) is 79.8 cm³/mol. The highest BCUT2D eigenvalue weighted by Gasteiger charge is 2.28. The molecule has 1 heteroatoms. The van der Waals surface area contributed by atoms with E-state index < -0.39 is 0 Å². The van der Waals surface area contributed by atoms with E-state index in [1.807, 2.05) is 0 Å². The lowest BCUT2D eigenvalue weighted by Gasteiger charge is -2.36. The van der Waals surface area contributed by atoms with Gasteiger partial charge in [0.15, 0.2) is 0 Å². The Bertz CT molecular complexity index is 236. The van der Waals surface area contributed by atoms with Crippen molar-refractivity contribution in [3.63, 3.8) is 0 Å². The molecule has 0 aliphatic heterocycles. The van der Waals surface area contributed by atoms with Gasteiger partial charge in [0, 0.05) is 12.1 Å². The quantitative estimate of drug-likeness (QED) is 0.703. The Morgan fingerprint density at radius 1 is 0.889 bits per heavy atom. The Morgan fingerprint density at radius 2 is 1.56 bits per heavy atom. The summed E-state index contributed by atoms with van der Waals surface area (Å²) in [5.41, 5.74) is 0.606. The van der Waals surface area contributed by atoms with Crippen LogP contribution in [0.4, 0.5) is 0 Å². The van der Waals surface area contributed by atoms with Gasteiger partial charge in [-0.2, -0.15) is 0 Å². The summed E-state index contributed by atoms with van der Waals surface area (Å²) in [6.45, 7) is 7.23. The molecule has 0 aromatic heterocycles. The molecule has 2 unspecified atom stereocenters. The minimum atomic E-state index is 0.606. The van der Waals surface area contributed by atoms with Crippen LogP contribution in [-0.2, 0) is 0 Å². The molecule has 0 aromatic carbocycles. The number of hydrogen-bond acceptors (Lipinski definition) is 1. The van der Waals surface area contributed by atoms with Gasteiger partial charge in [-0.25, -0.2) is 0 Å². The van der Waals surface area contributed by atoms with Crippen molar-refractivity contribution in [1.29, 1.82) is 0 Å². The Hall–Kier alpha value is -0.0400. The van der Waals surface area contributed by atoms with Crippen LogP contribution in [0.15, 0.2) is 0 Å². The first-order valence-electron chi connectivity index (χ1n) is 8.35. The maximum atomic E-state index is 3.98. The zero-order chi connectivity index (χ0) is 13.0. The number of nitrogens with one attached hydrogen (secondary N) is 1. The van der Waals surface area contributed by atoms with E-state index in [0.29, 0.717) is 5.41 Å². The fourth-order valence-corrected chi connectivity index (χ4v) is 3.85. The zero-order valence-corrected chi connectivity index (χ0v) is 12.8. The highest BCUT2D eigenvalue weighted by atomic mass is 15.0. The molecule has 0 saturated heterocycles. The first kappa shape index (κ1) is 14.4. The summed E-state index contributed by atoms with van der Waals surface area (Å²) in [7, 11) is 0. The lowest BCUT2D eigenvalue weighted by molar-refractivity contribution is 0.194. The van der Waals surface area contributed by atoms with Crippen LogP contribution in [0.2, 0.25) is 0 Å². The largest absolute Gasteiger partial charge is 0.311 e. The fourth-order valence-electron chi connectivity index (χ4n) is 3.85. The SMILES string of the molecule is CCC1CCCC(NC2CCC(C)(C)CC2)CC1. The van der Waals surface area contributed by atoms with E-state index in [1.165, 1.54) is 64.2 Å². The molecule has 2 aliphatic carbocycles. The van der Waals surface area contributed by atoms with E-state index in [9.17, 15) is 0 Å². The molecule has 0 aromatic rings. The van der Waals surface area contributed by atoms with E-state index in [-0.39, 0.29) is 0 Å². The third-order valence-corrected chi connectivity index (χ3v) is 5.48. The summed E-state index contributed by atoms with van der Waals surface area (Å²) in [5, 5.41) is 3.98. The minimum Gasteiger partial charge on any atom is -0.311 e. The molecule has 1 nitrogen and oxygen atoms in total. The maximum Gasteiger partial charge on any atom is 0.00700 e. The predicted octanol–water partition coefficient (Wildman–Crippen LogP) is 4.90. The van der Waals surface area contributed by atoms with Crippen molar-refractivity contribution < 1.29 is 0 Å². The summed E-state index contributed by atoms with van der Waals surface area (Å²) in [6, 6.07) is 1.65. The van der Waals surface area contributed by atoms with Crippen molar-refractivity contribution in [2.24, 2.45) is 11.3 Å². The van der Waals surface area contributed by atoms with E-state index in [1.54, 1.807) is 0 Å². The topological polar surface area (TPSA) is 12.0 Å². The average molecular weight is 251 g/mol. The van der Waals surface area contributed by atoms with Crippen LogP contribution in [0, 0.1) is 11.3 Å². The monoisotopic (exact) mass is 251 g/mol. The molecule has 2 aliphatic rings. The van der Waals surface area contributed by atoms with Crippen LogP contribution in [0.1, 0.15) is 85.0 Å². The van der Waals surface area contributed by atoms with Crippen molar-refractivity contribution in [1.82, 2.24) is 5.32 Å². The van der Waals surface area contributed by atoms with Crippen molar-refractivity contribution in [2.45, 2.75) is 97.1 Å². The van der Waals surface area contributed by atoms with Gasteiger partial charge >= 0.3 is 0 Å². The van der Waals surface area contributed by atoms with E-state index in [4.69, 9.17) is 0 Å². The van der Waals surface area contributed by atoms with Gasteiger partial charge in [0.05, 0.1) is 0 Å². The molecule has 106 valence electrons. The van der Waals surface area contributed by atoms with E-state index >= 15 is 0 Å². The summed E-state index contributed by atoms with van der Waals surface area (Å²) in [4.78, 5) is 0. The third kappa shape index (κ3) is 4.26. The van der Waals surface area contributed by atoms with Crippen molar-refractivity contribution in [3.8, 4) is 0 Å². The molecule has 2 atom stereocenters. The second-order valence-electron chi connectivity index (χ2n) is 7.58. The molecule has 18 heavy (non-hydrogen) atoms. The maximum absolute atomic E-state index is 3.98. The van der Waals surface area contributed by atoms with Gasteiger partial charge in [0.25, 0.3) is 0 Å². The molecular weight excluding hydrogens is 218 g/mol. The summed E-state index contributed by atoms with van der Waals surface area (Å²) < 4.78 is 0. The lowest BCUT2D eigenvalue weighted by Crippen LogP contribution is -2.41. The van der Waals surface area contributed by atoms with Gasteiger partial charge in [-0.3, -0.25) is 0 Å². The normalized spacial score (nSPS) is 34.2.